The van der Waals surface area contributed by atoms with E-state index in [2.05, 4.69) is 66.6 Å². The highest BCUT2D eigenvalue weighted by atomic mass is 15.3. The molecular formula is C21H27N7. The van der Waals surface area contributed by atoms with Crippen molar-refractivity contribution in [3.05, 3.63) is 78.1 Å². The molecule has 3 rings (SSSR count). The molecule has 7 heteroatoms. The molecule has 2 N–H and O–H groups in total. The number of guanidine groups is 1. The van der Waals surface area contributed by atoms with Crippen molar-refractivity contribution in [3.63, 3.8) is 0 Å². The fourth-order valence-electron chi connectivity index (χ4n) is 2.83. The summed E-state index contributed by atoms with van der Waals surface area (Å²) in [4.78, 5) is 9.02. The molecule has 0 radical (unpaired) electrons. The number of aromatic nitrogens is 4. The van der Waals surface area contributed by atoms with Gasteiger partial charge < -0.3 is 15.2 Å². The molecule has 2 aromatic heterocycles. The highest BCUT2D eigenvalue weighted by molar-refractivity contribution is 5.79. The van der Waals surface area contributed by atoms with Crippen LogP contribution in [0.4, 0.5) is 0 Å². The van der Waals surface area contributed by atoms with Crippen LogP contribution in [0, 0.1) is 0 Å². The summed E-state index contributed by atoms with van der Waals surface area (Å²) in [5, 5.41) is 14.9. The number of aliphatic imine (C=N–C) groups is 1. The summed E-state index contributed by atoms with van der Waals surface area (Å²) in [6, 6.07) is 16.3. The van der Waals surface area contributed by atoms with E-state index in [4.69, 9.17) is 0 Å². The van der Waals surface area contributed by atoms with Crippen molar-refractivity contribution in [2.45, 2.75) is 32.9 Å². The SMILES string of the molecule is CCc1nncn1CCNC(=NCc1ccccn1)NCCc1ccccc1. The van der Waals surface area contributed by atoms with Gasteiger partial charge in [0.2, 0.25) is 0 Å². The maximum Gasteiger partial charge on any atom is 0.191 e. The predicted molar refractivity (Wildman–Crippen MR) is 111 cm³/mol. The molecule has 2 heterocycles. The minimum atomic E-state index is 0.536. The molecule has 0 saturated carbocycles. The van der Waals surface area contributed by atoms with Crippen molar-refractivity contribution in [2.75, 3.05) is 13.1 Å². The second-order valence-electron chi connectivity index (χ2n) is 6.37. The highest BCUT2D eigenvalue weighted by Crippen LogP contribution is 1.99. The van der Waals surface area contributed by atoms with Crippen molar-refractivity contribution >= 4 is 5.96 Å². The number of hydrogen-bond acceptors (Lipinski definition) is 4. The summed E-state index contributed by atoms with van der Waals surface area (Å²) >= 11 is 0. The number of nitrogens with one attached hydrogen (secondary N) is 2. The maximum atomic E-state index is 4.68. The number of rotatable bonds is 9. The Morgan fingerprint density at radius 1 is 1.04 bits per heavy atom. The lowest BCUT2D eigenvalue weighted by atomic mass is 10.1. The first kappa shape index (κ1) is 19.5. The van der Waals surface area contributed by atoms with Gasteiger partial charge in [-0.25, -0.2) is 4.99 Å². The summed E-state index contributed by atoms with van der Waals surface area (Å²) < 4.78 is 2.06. The van der Waals surface area contributed by atoms with Crippen LogP contribution in [0.3, 0.4) is 0 Å². The van der Waals surface area contributed by atoms with Gasteiger partial charge in [0.25, 0.3) is 0 Å². The van der Waals surface area contributed by atoms with E-state index < -0.39 is 0 Å². The van der Waals surface area contributed by atoms with Crippen LogP contribution in [0.1, 0.15) is 24.0 Å². The summed E-state index contributed by atoms with van der Waals surface area (Å²) in [6.45, 7) is 4.96. The van der Waals surface area contributed by atoms with Crippen LogP contribution in [0.25, 0.3) is 0 Å². The number of benzene rings is 1. The molecule has 0 amide bonds. The van der Waals surface area contributed by atoms with Crippen LogP contribution in [0.5, 0.6) is 0 Å². The molecule has 0 fully saturated rings. The third-order valence-electron chi connectivity index (χ3n) is 4.33. The average molecular weight is 377 g/mol. The Kier molecular flexibility index (Phi) is 7.55. The normalized spacial score (nSPS) is 11.4. The molecule has 0 aliphatic carbocycles. The predicted octanol–water partition coefficient (Wildman–Crippen LogP) is 2.21. The van der Waals surface area contributed by atoms with Crippen LogP contribution in [0.15, 0.2) is 66.0 Å². The molecule has 0 aliphatic heterocycles. The van der Waals surface area contributed by atoms with E-state index in [-0.39, 0.29) is 0 Å². The minimum Gasteiger partial charge on any atom is -0.356 e. The fourth-order valence-corrected chi connectivity index (χ4v) is 2.83. The molecule has 0 unspecified atom stereocenters. The zero-order chi connectivity index (χ0) is 19.4. The Morgan fingerprint density at radius 3 is 2.64 bits per heavy atom. The first-order chi connectivity index (χ1) is 13.8. The number of nitrogens with zero attached hydrogens (tertiary/aromatic N) is 5. The summed E-state index contributed by atoms with van der Waals surface area (Å²) in [5.74, 6) is 1.78. The van der Waals surface area contributed by atoms with E-state index >= 15 is 0 Å². The maximum absolute atomic E-state index is 4.68. The summed E-state index contributed by atoms with van der Waals surface area (Å²) in [5.41, 5.74) is 2.25. The van der Waals surface area contributed by atoms with E-state index in [0.717, 1.165) is 50.0 Å². The van der Waals surface area contributed by atoms with Gasteiger partial charge in [-0.15, -0.1) is 10.2 Å². The Labute approximate surface area is 166 Å². The second-order valence-corrected chi connectivity index (χ2v) is 6.37. The molecule has 0 spiro atoms. The van der Waals surface area contributed by atoms with Crippen LogP contribution in [0.2, 0.25) is 0 Å². The Bertz CT molecular complexity index is 843. The third-order valence-corrected chi connectivity index (χ3v) is 4.33. The first-order valence-corrected chi connectivity index (χ1v) is 9.68. The van der Waals surface area contributed by atoms with Crippen molar-refractivity contribution in [1.29, 1.82) is 0 Å². The van der Waals surface area contributed by atoms with Crippen LogP contribution in [-0.4, -0.2) is 38.8 Å². The Hall–Kier alpha value is -3.22. The summed E-state index contributed by atoms with van der Waals surface area (Å²) in [6.07, 6.45) is 5.37. The fraction of sp³-hybridized carbons (Fsp3) is 0.333. The van der Waals surface area contributed by atoms with E-state index in [1.54, 1.807) is 12.5 Å². The number of aryl methyl sites for hydroxylation is 1. The van der Waals surface area contributed by atoms with E-state index in [1.165, 1.54) is 5.56 Å². The van der Waals surface area contributed by atoms with Crippen molar-refractivity contribution < 1.29 is 0 Å². The number of hydrogen-bond donors (Lipinski definition) is 2. The lowest BCUT2D eigenvalue weighted by Gasteiger charge is -2.13. The summed E-state index contributed by atoms with van der Waals surface area (Å²) in [7, 11) is 0. The van der Waals surface area contributed by atoms with Crippen LogP contribution >= 0.6 is 0 Å². The third kappa shape index (κ3) is 6.19. The Morgan fingerprint density at radius 2 is 1.86 bits per heavy atom. The van der Waals surface area contributed by atoms with Crippen LogP contribution < -0.4 is 10.6 Å². The molecule has 0 bridgehead atoms. The molecule has 3 aromatic rings. The lowest BCUT2D eigenvalue weighted by Crippen LogP contribution is -2.40. The van der Waals surface area contributed by atoms with Gasteiger partial charge in [-0.2, -0.15) is 0 Å². The molecule has 1 aromatic carbocycles. The van der Waals surface area contributed by atoms with E-state index in [9.17, 15) is 0 Å². The van der Waals surface area contributed by atoms with Crippen LogP contribution in [-0.2, 0) is 25.9 Å². The quantitative estimate of drug-likeness (QED) is 0.441. The van der Waals surface area contributed by atoms with Gasteiger partial charge >= 0.3 is 0 Å². The van der Waals surface area contributed by atoms with Gasteiger partial charge in [0.1, 0.15) is 12.2 Å². The van der Waals surface area contributed by atoms with Gasteiger partial charge in [0.15, 0.2) is 5.96 Å². The molecule has 0 atom stereocenters. The monoisotopic (exact) mass is 377 g/mol. The smallest absolute Gasteiger partial charge is 0.191 e. The first-order valence-electron chi connectivity index (χ1n) is 9.68. The molecule has 146 valence electrons. The zero-order valence-corrected chi connectivity index (χ0v) is 16.3. The lowest BCUT2D eigenvalue weighted by molar-refractivity contribution is 0.631. The largest absolute Gasteiger partial charge is 0.356 e. The second kappa shape index (κ2) is 10.8. The molecular weight excluding hydrogens is 350 g/mol. The van der Waals surface area contributed by atoms with Gasteiger partial charge in [-0.3, -0.25) is 4.98 Å². The Balaban J connectivity index is 1.55. The molecule has 7 nitrogen and oxygen atoms in total. The number of pyridine rings is 1. The van der Waals surface area contributed by atoms with Gasteiger partial charge in [0.05, 0.1) is 12.2 Å². The van der Waals surface area contributed by atoms with E-state index in [0.29, 0.717) is 6.54 Å². The zero-order valence-electron chi connectivity index (χ0n) is 16.3. The van der Waals surface area contributed by atoms with Gasteiger partial charge in [-0.05, 0) is 24.1 Å². The van der Waals surface area contributed by atoms with Gasteiger partial charge in [0, 0.05) is 32.3 Å². The molecule has 28 heavy (non-hydrogen) atoms. The average Bonchev–Trinajstić information content (AvgIpc) is 3.20. The standard InChI is InChI=1S/C21H27N7/c1-2-20-27-26-17-28(20)15-14-24-21(25-16-19-10-6-7-12-22-19)23-13-11-18-8-4-3-5-9-18/h3-10,12,17H,2,11,13-16H2,1H3,(H2,23,24,25). The minimum absolute atomic E-state index is 0.536. The van der Waals surface area contributed by atoms with Crippen molar-refractivity contribution in [1.82, 2.24) is 30.4 Å². The molecule has 0 aliphatic rings. The van der Waals surface area contributed by atoms with E-state index in [1.807, 2.05) is 24.3 Å². The van der Waals surface area contributed by atoms with Crippen molar-refractivity contribution in [3.8, 4) is 0 Å². The topological polar surface area (TPSA) is 80.0 Å². The molecule has 0 saturated heterocycles. The van der Waals surface area contributed by atoms with Gasteiger partial charge in [-0.1, -0.05) is 43.3 Å². The van der Waals surface area contributed by atoms with Crippen molar-refractivity contribution in [2.24, 2.45) is 4.99 Å². The highest BCUT2D eigenvalue weighted by Gasteiger charge is 2.03.